The van der Waals surface area contributed by atoms with E-state index in [1.807, 2.05) is 0 Å². The van der Waals surface area contributed by atoms with E-state index in [9.17, 15) is 52.7 Å². The number of rotatable bonds is 3. The molecule has 0 aliphatic heterocycles. The second-order valence-corrected chi connectivity index (χ2v) is 9.84. The van der Waals surface area contributed by atoms with Gasteiger partial charge in [-0.05, 0) is 99.1 Å². The summed E-state index contributed by atoms with van der Waals surface area (Å²) in [4.78, 5) is 0. The second kappa shape index (κ2) is 10.6. The highest BCUT2D eigenvalue weighted by atomic mass is 19.4. The lowest BCUT2D eigenvalue weighted by Crippen LogP contribution is -2.06. The third-order valence-electron chi connectivity index (χ3n) is 6.98. The van der Waals surface area contributed by atoms with E-state index in [4.69, 9.17) is 0 Å². The fourth-order valence-corrected chi connectivity index (χ4v) is 4.90. The molecule has 228 valence electrons. The summed E-state index contributed by atoms with van der Waals surface area (Å²) in [6, 6.07) is 13.6. The summed E-state index contributed by atoms with van der Waals surface area (Å²) < 4.78 is 161. The number of hydrogen-bond donors (Lipinski definition) is 0. The zero-order valence-electron chi connectivity index (χ0n) is 21.8. The van der Waals surface area contributed by atoms with E-state index in [0.29, 0.717) is 0 Å². The Balaban J connectivity index is 1.81. The molecule has 0 N–H and O–H groups in total. The third-order valence-corrected chi connectivity index (χ3v) is 6.98. The van der Waals surface area contributed by atoms with Gasteiger partial charge in [0.15, 0.2) is 0 Å². The molecule has 4 aromatic carbocycles. The molecule has 1 aliphatic rings. The van der Waals surface area contributed by atoms with Gasteiger partial charge in [-0.1, -0.05) is 42.5 Å². The number of halogens is 12. The number of allylic oxidation sites excluding steroid dienone is 2. The maximum absolute atomic E-state index is 13.8. The summed E-state index contributed by atoms with van der Waals surface area (Å²) in [6.45, 7) is 0. The van der Waals surface area contributed by atoms with Gasteiger partial charge in [0.2, 0.25) is 0 Å². The van der Waals surface area contributed by atoms with Crippen molar-refractivity contribution in [3.8, 4) is 0 Å². The van der Waals surface area contributed by atoms with Crippen LogP contribution < -0.4 is 0 Å². The quantitative estimate of drug-likeness (QED) is 0.198. The molecule has 0 spiro atoms. The van der Waals surface area contributed by atoms with Gasteiger partial charge in [-0.25, -0.2) is 0 Å². The number of benzene rings is 4. The average molecular weight is 628 g/mol. The molecule has 1 aliphatic carbocycles. The van der Waals surface area contributed by atoms with Crippen molar-refractivity contribution in [3.63, 3.8) is 0 Å². The van der Waals surface area contributed by atoms with Crippen LogP contribution in [0.3, 0.4) is 0 Å². The van der Waals surface area contributed by atoms with Gasteiger partial charge in [0.1, 0.15) is 0 Å². The monoisotopic (exact) mass is 628 g/mol. The smallest absolute Gasteiger partial charge is 0.166 e. The molecule has 4 aromatic rings. The van der Waals surface area contributed by atoms with Crippen LogP contribution in [0, 0.1) is 0 Å². The molecule has 0 nitrogen and oxygen atoms in total. The van der Waals surface area contributed by atoms with Crippen LogP contribution in [0.5, 0.6) is 0 Å². The minimum atomic E-state index is -4.82. The van der Waals surface area contributed by atoms with Gasteiger partial charge in [-0.2, -0.15) is 52.7 Å². The summed E-state index contributed by atoms with van der Waals surface area (Å²) in [5, 5.41) is 0. The van der Waals surface area contributed by atoms with E-state index in [0.717, 1.165) is 91.0 Å². The normalized spacial score (nSPS) is 15.2. The predicted octanol–water partition coefficient (Wildman–Crippen LogP) is 11.3. The third kappa shape index (κ3) is 6.11. The lowest BCUT2D eigenvalue weighted by atomic mass is 9.91. The molecular weight excluding hydrogens is 612 g/mol. The highest BCUT2D eigenvalue weighted by molar-refractivity contribution is 6.27. The van der Waals surface area contributed by atoms with Crippen LogP contribution >= 0.6 is 0 Å². The molecule has 0 saturated carbocycles. The van der Waals surface area contributed by atoms with Crippen molar-refractivity contribution in [2.24, 2.45) is 0 Å². The molecule has 0 saturated heterocycles. The number of fused-ring (bicyclic) bond motifs is 1. The van der Waals surface area contributed by atoms with Crippen molar-refractivity contribution in [2.45, 2.75) is 24.7 Å². The maximum atomic E-state index is 13.8. The molecule has 0 amide bonds. The van der Waals surface area contributed by atoms with Crippen LogP contribution in [0.1, 0.15) is 50.1 Å². The predicted molar refractivity (Wildman–Crippen MR) is 140 cm³/mol. The molecule has 12 heteroatoms. The van der Waals surface area contributed by atoms with E-state index >= 15 is 0 Å². The summed E-state index contributed by atoms with van der Waals surface area (Å²) >= 11 is 0. The van der Waals surface area contributed by atoms with Gasteiger partial charge in [0.05, 0.1) is 22.3 Å². The Morgan fingerprint density at radius 1 is 0.364 bits per heavy atom. The topological polar surface area (TPSA) is 0 Å². The van der Waals surface area contributed by atoms with Gasteiger partial charge in [-0.3, -0.25) is 0 Å². The van der Waals surface area contributed by atoms with Gasteiger partial charge >= 0.3 is 24.7 Å². The van der Waals surface area contributed by atoms with Crippen LogP contribution in [0.2, 0.25) is 0 Å². The molecule has 0 heterocycles. The van der Waals surface area contributed by atoms with Crippen LogP contribution in [-0.2, 0) is 24.7 Å². The first-order chi connectivity index (χ1) is 20.3. The Bertz CT molecular complexity index is 1740. The van der Waals surface area contributed by atoms with Crippen molar-refractivity contribution in [1.82, 2.24) is 0 Å². The summed E-state index contributed by atoms with van der Waals surface area (Å²) in [6.07, 6.45) is -17.6. The Kier molecular flexibility index (Phi) is 7.46. The largest absolute Gasteiger partial charge is 0.416 e. The Labute approximate surface area is 241 Å². The highest BCUT2D eigenvalue weighted by Crippen LogP contribution is 2.51. The average Bonchev–Trinajstić information content (AvgIpc) is 3.25. The Morgan fingerprint density at radius 3 is 1.14 bits per heavy atom. The first-order valence-corrected chi connectivity index (χ1v) is 12.5. The molecular formula is C32H16F12. The van der Waals surface area contributed by atoms with Crippen molar-refractivity contribution in [3.05, 3.63) is 141 Å². The van der Waals surface area contributed by atoms with Crippen LogP contribution in [0.15, 0.2) is 91.0 Å². The molecule has 5 rings (SSSR count). The zero-order valence-corrected chi connectivity index (χ0v) is 21.8. The van der Waals surface area contributed by atoms with E-state index in [-0.39, 0.29) is 44.5 Å². The van der Waals surface area contributed by atoms with E-state index in [1.165, 1.54) is 6.08 Å². The van der Waals surface area contributed by atoms with Crippen molar-refractivity contribution >= 4 is 22.8 Å². The van der Waals surface area contributed by atoms with Crippen molar-refractivity contribution in [1.29, 1.82) is 0 Å². The fourth-order valence-electron chi connectivity index (χ4n) is 4.90. The molecule has 44 heavy (non-hydrogen) atoms. The molecule has 0 aromatic heterocycles. The molecule has 0 radical (unpaired) electrons. The molecule has 0 fully saturated rings. The van der Waals surface area contributed by atoms with Crippen molar-refractivity contribution < 1.29 is 52.7 Å². The molecule has 0 atom stereocenters. The van der Waals surface area contributed by atoms with E-state index < -0.39 is 47.0 Å². The SMILES string of the molecule is FC(F)(F)c1ccc(/C=C2/C(c3ccc(C(F)(F)F)cc3)=C(c3ccc(C(F)(F)F)cc3)c3cc(C(F)(F)F)ccc32)cc1. The Morgan fingerprint density at radius 2 is 0.727 bits per heavy atom. The standard InChI is InChI=1S/C32H16F12/c33-29(34,35)20-7-1-17(2-8-20)15-25-24-14-13-23(32(42,43)44)16-26(24)28(19-5-11-22(12-6-19)31(39,40)41)27(25)18-3-9-21(10-4-18)30(36,37)38/h1-16H/b25-15+. The van der Waals surface area contributed by atoms with Gasteiger partial charge in [-0.15, -0.1) is 0 Å². The summed E-state index contributed by atoms with van der Waals surface area (Å²) in [5.74, 6) is 0. The number of alkyl halides is 12. The maximum Gasteiger partial charge on any atom is 0.416 e. The van der Waals surface area contributed by atoms with Gasteiger partial charge in [0.25, 0.3) is 0 Å². The summed E-state index contributed by atoms with van der Waals surface area (Å²) in [7, 11) is 0. The number of hydrogen-bond acceptors (Lipinski definition) is 0. The first kappa shape index (κ1) is 31.0. The lowest BCUT2D eigenvalue weighted by Gasteiger charge is -2.14. The fraction of sp³-hybridized carbons (Fsp3) is 0.125. The molecule has 0 unspecified atom stereocenters. The zero-order chi connectivity index (χ0) is 32.2. The van der Waals surface area contributed by atoms with Crippen molar-refractivity contribution in [2.75, 3.05) is 0 Å². The van der Waals surface area contributed by atoms with Gasteiger partial charge in [0, 0.05) is 0 Å². The first-order valence-electron chi connectivity index (χ1n) is 12.5. The summed E-state index contributed by atoms with van der Waals surface area (Å²) in [5.41, 5.74) is -3.56. The minimum Gasteiger partial charge on any atom is -0.166 e. The van der Waals surface area contributed by atoms with Crippen LogP contribution in [0.25, 0.3) is 22.8 Å². The Hall–Kier alpha value is -4.48. The highest BCUT2D eigenvalue weighted by Gasteiger charge is 2.37. The van der Waals surface area contributed by atoms with Crippen LogP contribution in [-0.4, -0.2) is 0 Å². The van der Waals surface area contributed by atoms with E-state index in [2.05, 4.69) is 0 Å². The van der Waals surface area contributed by atoms with E-state index in [1.54, 1.807) is 0 Å². The van der Waals surface area contributed by atoms with Gasteiger partial charge < -0.3 is 0 Å². The molecule has 0 bridgehead atoms. The lowest BCUT2D eigenvalue weighted by molar-refractivity contribution is -0.138. The second-order valence-electron chi connectivity index (χ2n) is 9.84. The minimum absolute atomic E-state index is 0.00209. The van der Waals surface area contributed by atoms with Crippen LogP contribution in [0.4, 0.5) is 52.7 Å².